The monoisotopic (exact) mass is 303 g/mol. The van der Waals surface area contributed by atoms with Crippen molar-refractivity contribution in [1.29, 1.82) is 0 Å². The Morgan fingerprint density at radius 2 is 1.95 bits per heavy atom. The van der Waals surface area contributed by atoms with E-state index < -0.39 is 0 Å². The molecule has 1 N–H and O–H groups in total. The molecule has 0 radical (unpaired) electrons. The molecular formula is C17H18FNO3. The molecule has 2 rings (SSSR count). The van der Waals surface area contributed by atoms with Crippen molar-refractivity contribution in [2.75, 3.05) is 14.2 Å². The van der Waals surface area contributed by atoms with Gasteiger partial charge in [0.1, 0.15) is 5.82 Å². The van der Waals surface area contributed by atoms with Crippen LogP contribution in [0.3, 0.4) is 0 Å². The molecule has 5 heteroatoms. The predicted octanol–water partition coefficient (Wildman–Crippen LogP) is 3.08. The zero-order valence-corrected chi connectivity index (χ0v) is 12.8. The summed E-state index contributed by atoms with van der Waals surface area (Å²) in [5.41, 5.74) is 1.76. The Bertz CT molecular complexity index is 686. The van der Waals surface area contributed by atoms with Gasteiger partial charge < -0.3 is 14.8 Å². The molecule has 0 saturated heterocycles. The fraction of sp³-hybridized carbons (Fsp3) is 0.235. The molecule has 2 aromatic carbocycles. The normalized spacial score (nSPS) is 10.2. The summed E-state index contributed by atoms with van der Waals surface area (Å²) in [6.07, 6.45) is 0. The first-order chi connectivity index (χ1) is 10.6. The largest absolute Gasteiger partial charge is 0.493 e. The van der Waals surface area contributed by atoms with Gasteiger partial charge >= 0.3 is 0 Å². The van der Waals surface area contributed by atoms with Crippen molar-refractivity contribution in [3.05, 3.63) is 58.9 Å². The maximum atomic E-state index is 13.2. The second-order valence-corrected chi connectivity index (χ2v) is 4.81. The van der Waals surface area contributed by atoms with Crippen LogP contribution in [0.2, 0.25) is 0 Å². The Labute approximate surface area is 128 Å². The van der Waals surface area contributed by atoms with Crippen molar-refractivity contribution < 1.29 is 18.7 Å². The highest BCUT2D eigenvalue weighted by Gasteiger charge is 2.16. The highest BCUT2D eigenvalue weighted by atomic mass is 19.1. The maximum Gasteiger partial charge on any atom is 0.255 e. The molecule has 0 heterocycles. The number of aryl methyl sites for hydroxylation is 1. The van der Waals surface area contributed by atoms with Gasteiger partial charge in [-0.15, -0.1) is 0 Å². The van der Waals surface area contributed by atoms with Gasteiger partial charge in [-0.3, -0.25) is 4.79 Å². The highest BCUT2D eigenvalue weighted by Crippen LogP contribution is 2.30. The summed E-state index contributed by atoms with van der Waals surface area (Å²) in [7, 11) is 3.00. The van der Waals surface area contributed by atoms with E-state index in [-0.39, 0.29) is 11.7 Å². The second-order valence-electron chi connectivity index (χ2n) is 4.81. The SMILES string of the molecule is COc1cccc(C(=O)NCc2ccc(F)c(C)c2)c1OC. The minimum absolute atomic E-state index is 0.260. The van der Waals surface area contributed by atoms with Gasteiger partial charge in [-0.05, 0) is 36.2 Å². The van der Waals surface area contributed by atoms with Gasteiger partial charge in [0.05, 0.1) is 19.8 Å². The number of halogens is 1. The first-order valence-corrected chi connectivity index (χ1v) is 6.81. The average Bonchev–Trinajstić information content (AvgIpc) is 2.54. The third-order valence-electron chi connectivity index (χ3n) is 3.32. The van der Waals surface area contributed by atoms with E-state index >= 15 is 0 Å². The number of hydrogen-bond donors (Lipinski definition) is 1. The Balaban J connectivity index is 2.14. The zero-order chi connectivity index (χ0) is 16.1. The number of carbonyl (C=O) groups is 1. The molecule has 0 aromatic heterocycles. The maximum absolute atomic E-state index is 13.2. The number of ether oxygens (including phenoxy) is 2. The van der Waals surface area contributed by atoms with Gasteiger partial charge in [0.15, 0.2) is 11.5 Å². The van der Waals surface area contributed by atoms with E-state index in [4.69, 9.17) is 9.47 Å². The molecular weight excluding hydrogens is 285 g/mol. The molecule has 0 unspecified atom stereocenters. The molecule has 0 aliphatic heterocycles. The van der Waals surface area contributed by atoms with Crippen LogP contribution >= 0.6 is 0 Å². The summed E-state index contributed by atoms with van der Waals surface area (Å²) in [4.78, 5) is 12.3. The number of hydrogen-bond acceptors (Lipinski definition) is 3. The fourth-order valence-corrected chi connectivity index (χ4v) is 2.16. The van der Waals surface area contributed by atoms with Crippen molar-refractivity contribution in [2.24, 2.45) is 0 Å². The van der Waals surface area contributed by atoms with Gasteiger partial charge in [0, 0.05) is 6.54 Å². The fourth-order valence-electron chi connectivity index (χ4n) is 2.16. The lowest BCUT2D eigenvalue weighted by atomic mass is 10.1. The standard InChI is InChI=1S/C17H18FNO3/c1-11-9-12(7-8-14(11)18)10-19-17(20)13-5-4-6-15(21-2)16(13)22-3/h4-9H,10H2,1-3H3,(H,19,20). The van der Waals surface area contributed by atoms with Crippen LogP contribution < -0.4 is 14.8 Å². The third kappa shape index (κ3) is 3.36. The lowest BCUT2D eigenvalue weighted by molar-refractivity contribution is 0.0947. The van der Waals surface area contributed by atoms with Crippen LogP contribution in [0.1, 0.15) is 21.5 Å². The Kier molecular flexibility index (Phi) is 4.99. The van der Waals surface area contributed by atoms with E-state index in [0.29, 0.717) is 29.2 Å². The minimum Gasteiger partial charge on any atom is -0.493 e. The van der Waals surface area contributed by atoms with E-state index in [2.05, 4.69) is 5.32 Å². The van der Waals surface area contributed by atoms with Crippen molar-refractivity contribution in [1.82, 2.24) is 5.32 Å². The van der Waals surface area contributed by atoms with E-state index in [1.165, 1.54) is 20.3 Å². The van der Waals surface area contributed by atoms with Gasteiger partial charge in [-0.1, -0.05) is 18.2 Å². The second kappa shape index (κ2) is 6.93. The number of methoxy groups -OCH3 is 2. The molecule has 0 spiro atoms. The quantitative estimate of drug-likeness (QED) is 0.923. The summed E-state index contributed by atoms with van der Waals surface area (Å²) >= 11 is 0. The molecule has 0 aliphatic rings. The van der Waals surface area contributed by atoms with Crippen molar-refractivity contribution in [3.63, 3.8) is 0 Å². The topological polar surface area (TPSA) is 47.6 Å². The molecule has 0 fully saturated rings. The number of rotatable bonds is 5. The summed E-state index contributed by atoms with van der Waals surface area (Å²) in [6.45, 7) is 1.99. The van der Waals surface area contributed by atoms with Gasteiger partial charge in [-0.25, -0.2) is 4.39 Å². The molecule has 0 bridgehead atoms. The summed E-state index contributed by atoms with van der Waals surface area (Å²) in [6, 6.07) is 9.84. The molecule has 0 atom stereocenters. The zero-order valence-electron chi connectivity index (χ0n) is 12.8. The van der Waals surface area contributed by atoms with Crippen LogP contribution in [0.25, 0.3) is 0 Å². The van der Waals surface area contributed by atoms with Crippen LogP contribution in [-0.4, -0.2) is 20.1 Å². The van der Waals surface area contributed by atoms with E-state index in [1.54, 1.807) is 37.3 Å². The Hall–Kier alpha value is -2.56. The number of nitrogens with one attached hydrogen (secondary N) is 1. The van der Waals surface area contributed by atoms with Crippen molar-refractivity contribution in [3.8, 4) is 11.5 Å². The van der Waals surface area contributed by atoms with Gasteiger partial charge in [-0.2, -0.15) is 0 Å². The smallest absolute Gasteiger partial charge is 0.255 e. The summed E-state index contributed by atoms with van der Waals surface area (Å²) in [5, 5.41) is 2.79. The Morgan fingerprint density at radius 1 is 1.18 bits per heavy atom. The molecule has 0 aliphatic carbocycles. The average molecular weight is 303 g/mol. The predicted molar refractivity (Wildman–Crippen MR) is 81.9 cm³/mol. The van der Waals surface area contributed by atoms with Crippen LogP contribution in [0.15, 0.2) is 36.4 Å². The summed E-state index contributed by atoms with van der Waals surface area (Å²) in [5.74, 6) is 0.341. The lowest BCUT2D eigenvalue weighted by Crippen LogP contribution is -2.23. The third-order valence-corrected chi connectivity index (χ3v) is 3.32. The number of carbonyl (C=O) groups excluding carboxylic acids is 1. The molecule has 116 valence electrons. The first kappa shape index (κ1) is 15.8. The number of benzene rings is 2. The first-order valence-electron chi connectivity index (χ1n) is 6.81. The molecule has 22 heavy (non-hydrogen) atoms. The molecule has 4 nitrogen and oxygen atoms in total. The molecule has 1 amide bonds. The lowest BCUT2D eigenvalue weighted by Gasteiger charge is -2.12. The molecule has 2 aromatic rings. The highest BCUT2D eigenvalue weighted by molar-refractivity contribution is 5.97. The van der Waals surface area contributed by atoms with E-state index in [0.717, 1.165) is 5.56 Å². The van der Waals surface area contributed by atoms with E-state index in [9.17, 15) is 9.18 Å². The van der Waals surface area contributed by atoms with Crippen LogP contribution in [0.4, 0.5) is 4.39 Å². The van der Waals surface area contributed by atoms with Gasteiger partial charge in [0.25, 0.3) is 5.91 Å². The van der Waals surface area contributed by atoms with Crippen molar-refractivity contribution >= 4 is 5.91 Å². The van der Waals surface area contributed by atoms with Crippen LogP contribution in [0, 0.1) is 12.7 Å². The van der Waals surface area contributed by atoms with Crippen LogP contribution in [0.5, 0.6) is 11.5 Å². The molecule has 0 saturated carbocycles. The van der Waals surface area contributed by atoms with E-state index in [1.807, 2.05) is 0 Å². The van der Waals surface area contributed by atoms with Crippen LogP contribution in [-0.2, 0) is 6.54 Å². The number of amides is 1. The number of para-hydroxylation sites is 1. The minimum atomic E-state index is -0.280. The Morgan fingerprint density at radius 3 is 2.59 bits per heavy atom. The van der Waals surface area contributed by atoms with Gasteiger partial charge in [0.2, 0.25) is 0 Å². The van der Waals surface area contributed by atoms with Crippen molar-refractivity contribution in [2.45, 2.75) is 13.5 Å². The summed E-state index contributed by atoms with van der Waals surface area (Å²) < 4.78 is 23.6.